The van der Waals surface area contributed by atoms with E-state index in [9.17, 15) is 0 Å². The first-order valence-corrected chi connectivity index (χ1v) is 11.3. The average molecular weight is 460 g/mol. The molecule has 1 saturated heterocycles. The number of para-hydroxylation sites is 2. The second-order valence-corrected chi connectivity index (χ2v) is 8.28. The van der Waals surface area contributed by atoms with Crippen LogP contribution >= 0.6 is 11.6 Å². The largest absolute Gasteiger partial charge is 0.379 e. The molecule has 0 radical (unpaired) electrons. The van der Waals surface area contributed by atoms with E-state index in [1.807, 2.05) is 71.5 Å². The average Bonchev–Trinajstić information content (AvgIpc) is 3.48. The van der Waals surface area contributed by atoms with Crippen molar-refractivity contribution in [2.45, 2.75) is 6.17 Å². The van der Waals surface area contributed by atoms with E-state index in [0.717, 1.165) is 41.4 Å². The van der Waals surface area contributed by atoms with Crippen LogP contribution in [0.2, 0.25) is 5.15 Å². The summed E-state index contributed by atoms with van der Waals surface area (Å²) < 4.78 is 9.20. The number of nitrogens with zero attached hydrogens (tertiary/aromatic N) is 6. The summed E-state index contributed by atoms with van der Waals surface area (Å²) in [5, 5.41) is 13.2. The van der Waals surface area contributed by atoms with E-state index in [1.54, 1.807) is 10.9 Å². The molecule has 0 spiro atoms. The summed E-state index contributed by atoms with van der Waals surface area (Å²) in [5.41, 5.74) is 3.63. The lowest BCUT2D eigenvalue weighted by molar-refractivity contribution is 0.0178. The van der Waals surface area contributed by atoms with Crippen molar-refractivity contribution >= 4 is 23.3 Å². The van der Waals surface area contributed by atoms with E-state index in [2.05, 4.69) is 20.4 Å². The van der Waals surface area contributed by atoms with E-state index in [-0.39, 0.29) is 6.17 Å². The van der Waals surface area contributed by atoms with E-state index < -0.39 is 0 Å². The molecule has 1 unspecified atom stereocenters. The van der Waals surface area contributed by atoms with Crippen LogP contribution in [0.25, 0.3) is 11.4 Å². The molecule has 2 aliphatic heterocycles. The molecule has 0 aliphatic carbocycles. The molecular weight excluding hydrogens is 438 g/mol. The van der Waals surface area contributed by atoms with Gasteiger partial charge in [-0.15, -0.1) is 0 Å². The number of rotatable bonds is 4. The van der Waals surface area contributed by atoms with Crippen molar-refractivity contribution in [1.29, 1.82) is 0 Å². The van der Waals surface area contributed by atoms with Crippen molar-refractivity contribution in [2.75, 3.05) is 31.6 Å². The highest BCUT2D eigenvalue weighted by atomic mass is 35.5. The van der Waals surface area contributed by atoms with Crippen LogP contribution in [0.1, 0.15) is 17.3 Å². The normalized spacial score (nSPS) is 18.5. The van der Waals surface area contributed by atoms with Gasteiger partial charge in [0.1, 0.15) is 23.0 Å². The molecule has 0 saturated carbocycles. The first-order valence-electron chi connectivity index (χ1n) is 10.9. The molecule has 166 valence electrons. The minimum atomic E-state index is -0.186. The summed E-state index contributed by atoms with van der Waals surface area (Å²) >= 11 is 6.81. The van der Waals surface area contributed by atoms with Gasteiger partial charge in [0, 0.05) is 13.1 Å². The van der Waals surface area contributed by atoms with E-state index in [1.165, 1.54) is 0 Å². The number of ether oxygens (including phenoxy) is 1. The first-order chi connectivity index (χ1) is 16.3. The van der Waals surface area contributed by atoms with Crippen LogP contribution in [-0.2, 0) is 4.74 Å². The summed E-state index contributed by atoms with van der Waals surface area (Å²) in [4.78, 5) is 7.39. The van der Waals surface area contributed by atoms with E-state index in [0.29, 0.717) is 24.2 Å². The molecule has 2 aromatic heterocycles. The van der Waals surface area contributed by atoms with Crippen molar-refractivity contribution < 1.29 is 4.74 Å². The molecule has 0 bridgehead atoms. The topological polar surface area (TPSA) is 72.5 Å². The predicted octanol–water partition coefficient (Wildman–Crippen LogP) is 3.91. The van der Waals surface area contributed by atoms with E-state index in [4.69, 9.17) is 21.3 Å². The number of benzene rings is 2. The molecule has 6 rings (SSSR count). The highest BCUT2D eigenvalue weighted by Gasteiger charge is 2.33. The van der Waals surface area contributed by atoms with Crippen LogP contribution in [0.5, 0.6) is 0 Å². The number of anilines is 1. The van der Waals surface area contributed by atoms with Gasteiger partial charge in [-0.3, -0.25) is 4.90 Å². The number of halogens is 1. The van der Waals surface area contributed by atoms with Crippen molar-refractivity contribution in [3.63, 3.8) is 0 Å². The Morgan fingerprint density at radius 2 is 1.48 bits per heavy atom. The number of hydrogen-bond acceptors (Lipinski definition) is 6. The van der Waals surface area contributed by atoms with Gasteiger partial charge >= 0.3 is 0 Å². The Labute approximate surface area is 196 Å². The van der Waals surface area contributed by atoms with Crippen LogP contribution in [-0.4, -0.2) is 56.6 Å². The van der Waals surface area contributed by atoms with Gasteiger partial charge in [-0.1, -0.05) is 48.0 Å². The summed E-state index contributed by atoms with van der Waals surface area (Å²) in [7, 11) is 0. The number of aliphatic imine (C=N–C) groups is 1. The SMILES string of the molecule is Clc1c(C2=NC(N3CCOCC3)c3cnn(-c4ccccc4)c3N2)cnn1-c1ccccc1. The molecule has 1 atom stereocenters. The predicted molar refractivity (Wildman–Crippen MR) is 127 cm³/mol. The molecular formula is C24H22ClN7O. The van der Waals surface area contributed by atoms with Crippen LogP contribution in [0, 0.1) is 0 Å². The molecule has 2 aliphatic rings. The van der Waals surface area contributed by atoms with Gasteiger partial charge in [0.25, 0.3) is 0 Å². The van der Waals surface area contributed by atoms with Crippen LogP contribution in [0.15, 0.2) is 78.0 Å². The van der Waals surface area contributed by atoms with Gasteiger partial charge in [0.2, 0.25) is 0 Å². The number of amidine groups is 1. The Hall–Kier alpha value is -3.46. The zero-order chi connectivity index (χ0) is 22.2. The third-order valence-corrected chi connectivity index (χ3v) is 6.29. The number of nitrogens with one attached hydrogen (secondary N) is 1. The quantitative estimate of drug-likeness (QED) is 0.501. The van der Waals surface area contributed by atoms with Crippen LogP contribution < -0.4 is 5.32 Å². The highest BCUT2D eigenvalue weighted by Crippen LogP contribution is 2.36. The molecule has 0 amide bonds. The standard InChI is InChI=1S/C24H22ClN7O/c25-21-19(15-26-31(21)17-7-3-1-4-8-17)22-28-23(30-11-13-33-14-12-30)20-16-27-32(24(20)29-22)18-9-5-2-6-10-18/h1-10,15-16,23H,11-14H2,(H,28,29). The monoisotopic (exact) mass is 459 g/mol. The fourth-order valence-electron chi connectivity index (χ4n) is 4.26. The molecule has 33 heavy (non-hydrogen) atoms. The Kier molecular flexibility index (Phi) is 5.18. The zero-order valence-corrected chi connectivity index (χ0v) is 18.6. The van der Waals surface area contributed by atoms with Crippen molar-refractivity contribution in [2.24, 2.45) is 4.99 Å². The van der Waals surface area contributed by atoms with Crippen molar-refractivity contribution in [3.8, 4) is 11.4 Å². The number of morpholine rings is 1. The lowest BCUT2D eigenvalue weighted by Gasteiger charge is -2.34. The van der Waals surface area contributed by atoms with Gasteiger partial charge < -0.3 is 10.1 Å². The molecule has 1 N–H and O–H groups in total. The summed E-state index contributed by atoms with van der Waals surface area (Å²) in [6, 6.07) is 19.9. The maximum absolute atomic E-state index is 6.81. The van der Waals surface area contributed by atoms with Crippen molar-refractivity contribution in [3.05, 3.63) is 89.3 Å². The first kappa shape index (κ1) is 20.2. The highest BCUT2D eigenvalue weighted by molar-refractivity contribution is 6.34. The molecule has 4 aromatic rings. The Morgan fingerprint density at radius 1 is 0.848 bits per heavy atom. The molecule has 9 heteroatoms. The van der Waals surface area contributed by atoms with Gasteiger partial charge in [0.05, 0.1) is 48.1 Å². The number of hydrogen-bond donors (Lipinski definition) is 1. The zero-order valence-electron chi connectivity index (χ0n) is 17.8. The second-order valence-electron chi connectivity index (χ2n) is 7.92. The summed E-state index contributed by atoms with van der Waals surface area (Å²) in [6.07, 6.45) is 3.46. The van der Waals surface area contributed by atoms with Gasteiger partial charge in [-0.05, 0) is 24.3 Å². The molecule has 4 heterocycles. The number of fused-ring (bicyclic) bond motifs is 1. The molecule has 1 fully saturated rings. The minimum Gasteiger partial charge on any atom is -0.379 e. The fourth-order valence-corrected chi connectivity index (χ4v) is 4.53. The Balaban J connectivity index is 1.44. The van der Waals surface area contributed by atoms with Gasteiger partial charge in [-0.25, -0.2) is 14.4 Å². The third-order valence-electron chi connectivity index (χ3n) is 5.92. The molecule has 2 aromatic carbocycles. The van der Waals surface area contributed by atoms with Crippen LogP contribution in [0.4, 0.5) is 5.82 Å². The van der Waals surface area contributed by atoms with Crippen molar-refractivity contribution in [1.82, 2.24) is 24.5 Å². The summed E-state index contributed by atoms with van der Waals surface area (Å²) in [6.45, 7) is 2.97. The lowest BCUT2D eigenvalue weighted by atomic mass is 10.1. The second kappa shape index (κ2) is 8.47. The fraction of sp³-hybridized carbons (Fsp3) is 0.208. The Bertz CT molecular complexity index is 1290. The smallest absolute Gasteiger partial charge is 0.143 e. The van der Waals surface area contributed by atoms with Gasteiger partial charge in [0.15, 0.2) is 0 Å². The maximum Gasteiger partial charge on any atom is 0.143 e. The number of aromatic nitrogens is 4. The van der Waals surface area contributed by atoms with Gasteiger partial charge in [-0.2, -0.15) is 10.2 Å². The molecule has 8 nitrogen and oxygen atoms in total. The lowest BCUT2D eigenvalue weighted by Crippen LogP contribution is -2.40. The third kappa shape index (κ3) is 3.62. The minimum absolute atomic E-state index is 0.186. The van der Waals surface area contributed by atoms with Crippen LogP contribution in [0.3, 0.4) is 0 Å². The van der Waals surface area contributed by atoms with E-state index >= 15 is 0 Å². The maximum atomic E-state index is 6.81. The summed E-state index contributed by atoms with van der Waals surface area (Å²) in [5.74, 6) is 1.55. The Morgan fingerprint density at radius 3 is 2.18 bits per heavy atom.